The summed E-state index contributed by atoms with van der Waals surface area (Å²) in [6.45, 7) is 7.76. The molecule has 0 aliphatic heterocycles. The molecular formula is C21H32O5. The third-order valence-corrected chi connectivity index (χ3v) is 6.92. The van der Waals surface area contributed by atoms with Crippen molar-refractivity contribution in [3.8, 4) is 0 Å². The summed E-state index contributed by atoms with van der Waals surface area (Å²) in [6, 6.07) is 0. The zero-order valence-electron chi connectivity index (χ0n) is 16.5. The molecule has 1 saturated carbocycles. The summed E-state index contributed by atoms with van der Waals surface area (Å²) in [7, 11) is 1.55. The first-order valence-corrected chi connectivity index (χ1v) is 9.69. The van der Waals surface area contributed by atoms with Gasteiger partial charge < -0.3 is 20.1 Å². The van der Waals surface area contributed by atoms with E-state index in [1.54, 1.807) is 20.1 Å². The minimum absolute atomic E-state index is 0.0217. The highest BCUT2D eigenvalue weighted by Gasteiger charge is 2.55. The zero-order valence-corrected chi connectivity index (χ0v) is 16.5. The summed E-state index contributed by atoms with van der Waals surface area (Å²) in [5.41, 5.74) is -0.626. The van der Waals surface area contributed by atoms with Crippen molar-refractivity contribution < 1.29 is 24.9 Å². The molecule has 0 spiro atoms. The summed E-state index contributed by atoms with van der Waals surface area (Å²) in [6.07, 6.45) is 2.63. The average molecular weight is 364 g/mol. The number of carbonyl (C=O) groups is 1. The van der Waals surface area contributed by atoms with E-state index in [4.69, 9.17) is 4.74 Å². The number of allylic oxidation sites excluding steroid dienone is 1. The van der Waals surface area contributed by atoms with Crippen LogP contribution in [0.15, 0.2) is 22.8 Å². The molecule has 5 nitrogen and oxygen atoms in total. The van der Waals surface area contributed by atoms with Crippen molar-refractivity contribution in [1.82, 2.24) is 0 Å². The van der Waals surface area contributed by atoms with Crippen LogP contribution in [-0.2, 0) is 9.53 Å². The third-order valence-electron chi connectivity index (χ3n) is 6.92. The number of hydrogen-bond donors (Lipinski definition) is 3. The van der Waals surface area contributed by atoms with Crippen LogP contribution < -0.4 is 0 Å². The SMILES string of the molecule is COC[C@@]1(O)CC[C@@H]2/C1=C\[C@]1(O)C(=C(C(C)C)C(=O)[C@H]1C)C[C@H](O)[C@@H]2C. The second-order valence-electron chi connectivity index (χ2n) is 8.80. The van der Waals surface area contributed by atoms with Gasteiger partial charge >= 0.3 is 0 Å². The highest BCUT2D eigenvalue weighted by Crippen LogP contribution is 2.52. The topological polar surface area (TPSA) is 87.0 Å². The molecule has 0 heterocycles. The molecular weight excluding hydrogens is 332 g/mol. The second kappa shape index (κ2) is 6.55. The minimum Gasteiger partial charge on any atom is -0.392 e. The van der Waals surface area contributed by atoms with E-state index in [-0.39, 0.29) is 30.1 Å². The summed E-state index contributed by atoms with van der Waals surface area (Å²) in [5.74, 6) is -0.784. The van der Waals surface area contributed by atoms with Crippen LogP contribution in [0.25, 0.3) is 0 Å². The summed E-state index contributed by atoms with van der Waals surface area (Å²) >= 11 is 0. The Morgan fingerprint density at radius 3 is 2.54 bits per heavy atom. The van der Waals surface area contributed by atoms with Crippen LogP contribution in [0.4, 0.5) is 0 Å². The molecule has 26 heavy (non-hydrogen) atoms. The van der Waals surface area contributed by atoms with Gasteiger partial charge in [-0.1, -0.05) is 27.7 Å². The lowest BCUT2D eigenvalue weighted by atomic mass is 9.72. The van der Waals surface area contributed by atoms with Gasteiger partial charge in [-0.15, -0.1) is 0 Å². The van der Waals surface area contributed by atoms with Crippen molar-refractivity contribution in [3.05, 3.63) is 22.8 Å². The van der Waals surface area contributed by atoms with Crippen molar-refractivity contribution in [2.45, 2.75) is 64.3 Å². The Bertz CT molecular complexity index is 663. The fourth-order valence-corrected chi connectivity index (χ4v) is 5.30. The van der Waals surface area contributed by atoms with E-state index in [1.807, 2.05) is 20.8 Å². The quantitative estimate of drug-likeness (QED) is 0.667. The van der Waals surface area contributed by atoms with E-state index in [2.05, 4.69) is 0 Å². The molecule has 3 aliphatic carbocycles. The molecule has 0 aromatic rings. The monoisotopic (exact) mass is 364 g/mol. The van der Waals surface area contributed by atoms with Gasteiger partial charge in [0.1, 0.15) is 11.2 Å². The van der Waals surface area contributed by atoms with Gasteiger partial charge in [-0.3, -0.25) is 4.79 Å². The predicted molar refractivity (Wildman–Crippen MR) is 98.4 cm³/mol. The second-order valence-corrected chi connectivity index (χ2v) is 8.80. The Kier molecular flexibility index (Phi) is 4.98. The van der Waals surface area contributed by atoms with Gasteiger partial charge in [-0.2, -0.15) is 0 Å². The summed E-state index contributed by atoms with van der Waals surface area (Å²) in [4.78, 5) is 12.9. The summed E-state index contributed by atoms with van der Waals surface area (Å²) in [5, 5.41) is 33.7. The van der Waals surface area contributed by atoms with Gasteiger partial charge in [0, 0.05) is 12.7 Å². The molecule has 0 saturated heterocycles. The summed E-state index contributed by atoms with van der Waals surface area (Å²) < 4.78 is 5.25. The van der Waals surface area contributed by atoms with Gasteiger partial charge in [0.15, 0.2) is 5.78 Å². The van der Waals surface area contributed by atoms with Gasteiger partial charge in [-0.05, 0) is 54.2 Å². The van der Waals surface area contributed by atoms with Crippen molar-refractivity contribution in [3.63, 3.8) is 0 Å². The maximum atomic E-state index is 12.9. The number of ketones is 1. The number of hydrogen-bond acceptors (Lipinski definition) is 5. The Hall–Kier alpha value is -1.01. The molecule has 3 rings (SSSR count). The van der Waals surface area contributed by atoms with Crippen molar-refractivity contribution >= 4 is 5.78 Å². The lowest BCUT2D eigenvalue weighted by molar-refractivity contribution is -0.121. The largest absolute Gasteiger partial charge is 0.392 e. The highest BCUT2D eigenvalue weighted by molar-refractivity contribution is 6.03. The molecule has 146 valence electrons. The number of methoxy groups -OCH3 is 1. The van der Waals surface area contributed by atoms with Crippen molar-refractivity contribution in [1.29, 1.82) is 0 Å². The Morgan fingerprint density at radius 1 is 1.31 bits per heavy atom. The van der Waals surface area contributed by atoms with Crippen LogP contribution in [0.2, 0.25) is 0 Å². The van der Waals surface area contributed by atoms with Gasteiger partial charge in [0.25, 0.3) is 0 Å². The lowest BCUT2D eigenvalue weighted by Crippen LogP contribution is -2.43. The standard InChI is InChI=1S/C21H32O5/c1-11(2)18-15-8-17(22)12(3)14-6-7-20(24,10-26-5)16(14)9-21(15,25)13(4)19(18)23/h9,11-14,17,22,24-25H,6-8,10H2,1-5H3/b16-9+/t12-,13-,14+,17+,20+,21-/m1/s1. The molecule has 0 bridgehead atoms. The van der Waals surface area contributed by atoms with Crippen LogP contribution in [0.5, 0.6) is 0 Å². The van der Waals surface area contributed by atoms with Gasteiger partial charge in [0.2, 0.25) is 0 Å². The number of aliphatic hydroxyl groups excluding tert-OH is 1. The number of aliphatic hydroxyl groups is 3. The average Bonchev–Trinajstić information content (AvgIpc) is 2.95. The molecule has 0 amide bonds. The van der Waals surface area contributed by atoms with E-state index < -0.39 is 23.2 Å². The fraction of sp³-hybridized carbons (Fsp3) is 0.762. The zero-order chi connectivity index (χ0) is 19.4. The molecule has 6 atom stereocenters. The van der Waals surface area contributed by atoms with Crippen molar-refractivity contribution in [2.75, 3.05) is 13.7 Å². The van der Waals surface area contributed by atoms with E-state index in [0.29, 0.717) is 24.0 Å². The predicted octanol–water partition coefficient (Wildman–Crippen LogP) is 2.00. The van der Waals surface area contributed by atoms with Crippen LogP contribution in [0.1, 0.15) is 47.0 Å². The first kappa shape index (κ1) is 19.7. The van der Waals surface area contributed by atoms with Crippen LogP contribution in [0, 0.1) is 23.7 Å². The molecule has 0 unspecified atom stereocenters. The molecule has 0 radical (unpaired) electrons. The smallest absolute Gasteiger partial charge is 0.165 e. The first-order valence-electron chi connectivity index (χ1n) is 9.69. The Morgan fingerprint density at radius 2 is 1.96 bits per heavy atom. The maximum Gasteiger partial charge on any atom is 0.165 e. The normalized spacial score (nSPS) is 45.3. The molecule has 0 aromatic carbocycles. The molecule has 0 aromatic heterocycles. The van der Waals surface area contributed by atoms with Crippen LogP contribution in [0.3, 0.4) is 0 Å². The molecule has 3 aliphatic rings. The molecule has 3 N–H and O–H groups in total. The number of fused-ring (bicyclic) bond motifs is 2. The third kappa shape index (κ3) is 2.71. The Labute approximate surface area is 155 Å². The molecule has 5 heteroatoms. The number of ether oxygens (including phenoxy) is 1. The van der Waals surface area contributed by atoms with Crippen molar-refractivity contribution in [2.24, 2.45) is 23.7 Å². The van der Waals surface area contributed by atoms with E-state index in [9.17, 15) is 20.1 Å². The number of rotatable bonds is 3. The Balaban J connectivity index is 2.23. The van der Waals surface area contributed by atoms with E-state index in [1.165, 1.54) is 0 Å². The van der Waals surface area contributed by atoms with Gasteiger partial charge in [-0.25, -0.2) is 0 Å². The number of Topliss-reactive ketones (excluding diaryl/α,β-unsaturated/α-hetero) is 1. The first-order chi connectivity index (χ1) is 12.1. The van der Waals surface area contributed by atoms with Gasteiger partial charge in [0.05, 0.1) is 18.6 Å². The minimum atomic E-state index is -1.45. The lowest BCUT2D eigenvalue weighted by Gasteiger charge is -2.38. The molecule has 1 fully saturated rings. The fourth-order valence-electron chi connectivity index (χ4n) is 5.30. The van der Waals surface area contributed by atoms with Crippen LogP contribution >= 0.6 is 0 Å². The maximum absolute atomic E-state index is 12.9. The number of carbonyl (C=O) groups excluding carboxylic acids is 1. The highest BCUT2D eigenvalue weighted by atomic mass is 16.5. The van der Waals surface area contributed by atoms with E-state index in [0.717, 1.165) is 12.0 Å². The van der Waals surface area contributed by atoms with Crippen LogP contribution in [-0.4, -0.2) is 52.1 Å². The van der Waals surface area contributed by atoms with E-state index >= 15 is 0 Å².